The van der Waals surface area contributed by atoms with Gasteiger partial charge in [-0.05, 0) is 59.7 Å². The standard InChI is InChI=1S/C9H24O3Si3.C7H8.C2H3NO/c1-9(10)14(5,6)12-15(7,8)11-13(2,3)4;1-7-5-3-2-4-6-7;1-3-2-4/h1-8H3;2-6H,1H3;1H3. The summed E-state index contributed by atoms with van der Waals surface area (Å²) in [5.74, 6) is 0. The topological polar surface area (TPSA) is 65.0 Å². The van der Waals surface area contributed by atoms with E-state index < -0.39 is 25.2 Å². The van der Waals surface area contributed by atoms with Gasteiger partial charge in [-0.25, -0.2) is 9.79 Å². The Bertz CT molecular complexity index is 578. The zero-order chi connectivity index (χ0) is 21.0. The number of carbonyl (C=O) groups is 1. The highest BCUT2D eigenvalue weighted by atomic mass is 28.5. The monoisotopic (exact) mass is 413 g/mol. The number of nitrogens with zero attached hydrogens (tertiary/aromatic N) is 1. The lowest BCUT2D eigenvalue weighted by molar-refractivity contribution is -0.111. The van der Waals surface area contributed by atoms with Gasteiger partial charge in [-0.2, -0.15) is 0 Å². The zero-order valence-corrected chi connectivity index (χ0v) is 21.0. The van der Waals surface area contributed by atoms with E-state index in [-0.39, 0.29) is 5.41 Å². The van der Waals surface area contributed by atoms with E-state index in [1.165, 1.54) is 18.7 Å². The van der Waals surface area contributed by atoms with Gasteiger partial charge in [0.15, 0.2) is 8.32 Å². The van der Waals surface area contributed by atoms with Crippen LogP contribution in [0.5, 0.6) is 0 Å². The number of rotatable bonds is 5. The van der Waals surface area contributed by atoms with Crippen LogP contribution in [0, 0.1) is 6.92 Å². The van der Waals surface area contributed by atoms with Crippen LogP contribution in [0.2, 0.25) is 45.8 Å². The largest absolute Gasteiger partial charge is 0.437 e. The first kappa shape index (κ1) is 27.1. The molecule has 0 aliphatic heterocycles. The minimum atomic E-state index is -2.20. The first-order chi connectivity index (χ1) is 11.7. The van der Waals surface area contributed by atoms with Crippen molar-refractivity contribution in [3.8, 4) is 0 Å². The molecule has 0 radical (unpaired) electrons. The van der Waals surface area contributed by atoms with Crippen molar-refractivity contribution in [1.82, 2.24) is 0 Å². The third kappa shape index (κ3) is 16.3. The van der Waals surface area contributed by atoms with Gasteiger partial charge in [0.1, 0.15) is 5.41 Å². The van der Waals surface area contributed by atoms with Crippen molar-refractivity contribution in [2.75, 3.05) is 7.05 Å². The molecule has 148 valence electrons. The molecule has 1 rings (SSSR count). The number of aliphatic imine (C=N–C) groups is 1. The molecule has 8 heteroatoms. The average molecular weight is 414 g/mol. The van der Waals surface area contributed by atoms with Crippen LogP contribution < -0.4 is 0 Å². The molecule has 26 heavy (non-hydrogen) atoms. The molecule has 0 saturated carbocycles. The highest BCUT2D eigenvalue weighted by Crippen LogP contribution is 2.20. The van der Waals surface area contributed by atoms with E-state index >= 15 is 0 Å². The smallest absolute Gasteiger partial charge is 0.311 e. The van der Waals surface area contributed by atoms with Gasteiger partial charge >= 0.3 is 8.56 Å². The second-order valence-electron chi connectivity index (χ2n) is 7.75. The Balaban J connectivity index is 0. The Morgan fingerprint density at radius 1 is 0.962 bits per heavy atom. The number of benzene rings is 1. The van der Waals surface area contributed by atoms with E-state index in [2.05, 4.69) is 43.7 Å². The fourth-order valence-corrected chi connectivity index (χ4v) is 13.9. The summed E-state index contributed by atoms with van der Waals surface area (Å²) in [5, 5.41) is 0.183. The second kappa shape index (κ2) is 12.3. The van der Waals surface area contributed by atoms with Crippen LogP contribution in [-0.4, -0.2) is 43.7 Å². The Labute approximate surface area is 162 Å². The average Bonchev–Trinajstić information content (AvgIpc) is 2.45. The highest BCUT2D eigenvalue weighted by molar-refractivity contribution is 7.03. The normalized spacial score (nSPS) is 11.2. The van der Waals surface area contributed by atoms with Crippen molar-refractivity contribution >= 4 is 36.7 Å². The maximum atomic E-state index is 11.4. The van der Waals surface area contributed by atoms with E-state index in [0.717, 1.165) is 0 Å². The van der Waals surface area contributed by atoms with Crippen LogP contribution >= 0.6 is 0 Å². The Morgan fingerprint density at radius 3 is 1.62 bits per heavy atom. The lowest BCUT2D eigenvalue weighted by atomic mass is 10.2. The maximum Gasteiger partial charge on any atom is 0.311 e. The molecule has 0 aliphatic carbocycles. The summed E-state index contributed by atoms with van der Waals surface area (Å²) in [7, 11) is -4.53. The third-order valence-electron chi connectivity index (χ3n) is 2.93. The van der Waals surface area contributed by atoms with Crippen molar-refractivity contribution < 1.29 is 17.8 Å². The summed E-state index contributed by atoms with van der Waals surface area (Å²) >= 11 is 0. The van der Waals surface area contributed by atoms with Gasteiger partial charge in [0.25, 0.3) is 0 Å². The van der Waals surface area contributed by atoms with E-state index in [0.29, 0.717) is 0 Å². The lowest BCUT2D eigenvalue weighted by Crippen LogP contribution is -2.54. The highest BCUT2D eigenvalue weighted by Gasteiger charge is 2.40. The fourth-order valence-electron chi connectivity index (χ4n) is 1.98. The predicted molar refractivity (Wildman–Crippen MR) is 116 cm³/mol. The molecule has 0 spiro atoms. The number of hydrogen-bond acceptors (Lipinski definition) is 5. The molecule has 0 heterocycles. The van der Waals surface area contributed by atoms with Crippen molar-refractivity contribution in [1.29, 1.82) is 0 Å². The van der Waals surface area contributed by atoms with Crippen LogP contribution in [0.1, 0.15) is 12.5 Å². The predicted octanol–water partition coefficient (Wildman–Crippen LogP) is 4.84. The van der Waals surface area contributed by atoms with Gasteiger partial charge in [0.05, 0.1) is 0 Å². The summed E-state index contributed by atoms with van der Waals surface area (Å²) in [6, 6.07) is 10.3. The molecule has 0 N–H and O–H groups in total. The number of carbonyl (C=O) groups excluding carboxylic acids is 2. The molecule has 0 saturated heterocycles. The minimum absolute atomic E-state index is 0.183. The van der Waals surface area contributed by atoms with E-state index in [1.54, 1.807) is 6.92 Å². The fraction of sp³-hybridized carbons (Fsp3) is 0.556. The van der Waals surface area contributed by atoms with Crippen LogP contribution in [0.15, 0.2) is 35.3 Å². The lowest BCUT2D eigenvalue weighted by Gasteiger charge is -2.36. The quantitative estimate of drug-likeness (QED) is 0.394. The van der Waals surface area contributed by atoms with Gasteiger partial charge in [-0.3, -0.25) is 0 Å². The molecule has 1 aromatic carbocycles. The second-order valence-corrected chi connectivity index (χ2v) is 20.1. The van der Waals surface area contributed by atoms with Crippen LogP contribution in [0.25, 0.3) is 0 Å². The van der Waals surface area contributed by atoms with Crippen LogP contribution in [0.3, 0.4) is 0 Å². The van der Waals surface area contributed by atoms with Crippen molar-refractivity contribution in [2.45, 2.75) is 59.7 Å². The van der Waals surface area contributed by atoms with Gasteiger partial charge < -0.3 is 13.0 Å². The first-order valence-electron chi connectivity index (χ1n) is 8.56. The summed E-state index contributed by atoms with van der Waals surface area (Å²) in [6.45, 7) is 18.1. The summed E-state index contributed by atoms with van der Waals surface area (Å²) < 4.78 is 12.1. The van der Waals surface area contributed by atoms with Crippen molar-refractivity contribution in [3.05, 3.63) is 35.9 Å². The Morgan fingerprint density at radius 2 is 1.38 bits per heavy atom. The van der Waals surface area contributed by atoms with Gasteiger partial charge in [0, 0.05) is 7.05 Å². The minimum Gasteiger partial charge on any atom is -0.437 e. The zero-order valence-electron chi connectivity index (χ0n) is 18.0. The van der Waals surface area contributed by atoms with Gasteiger partial charge in [-0.1, -0.05) is 35.9 Å². The van der Waals surface area contributed by atoms with E-state index in [4.69, 9.17) is 13.0 Å². The molecule has 0 fully saturated rings. The SMILES string of the molecule is CC(=O)[Si](C)(C)O[Si](C)(C)O[Si](C)(C)C.CN=C=O.Cc1ccccc1. The third-order valence-corrected chi connectivity index (χ3v) is 13.1. The summed E-state index contributed by atoms with van der Waals surface area (Å²) in [5.41, 5.74) is 1.32. The Hall–Kier alpha value is -1.16. The maximum absolute atomic E-state index is 11.4. The van der Waals surface area contributed by atoms with E-state index in [9.17, 15) is 4.79 Å². The number of hydrogen-bond donors (Lipinski definition) is 0. The Kier molecular flexibility index (Phi) is 12.8. The molecule has 0 bridgehead atoms. The summed E-state index contributed by atoms with van der Waals surface area (Å²) in [4.78, 5) is 23.2. The molecular formula is C18H35NO4Si3. The molecule has 0 unspecified atom stereocenters. The van der Waals surface area contributed by atoms with Crippen LogP contribution in [0.4, 0.5) is 0 Å². The molecule has 0 amide bonds. The number of isocyanates is 1. The van der Waals surface area contributed by atoms with E-state index in [1.807, 2.05) is 44.4 Å². The number of aryl methyl sites for hydroxylation is 1. The molecule has 0 aliphatic rings. The molecule has 1 aromatic rings. The molecule has 0 atom stereocenters. The molecular weight excluding hydrogens is 378 g/mol. The van der Waals surface area contributed by atoms with Gasteiger partial charge in [-0.15, -0.1) is 0 Å². The molecule has 5 nitrogen and oxygen atoms in total. The van der Waals surface area contributed by atoms with Crippen molar-refractivity contribution in [3.63, 3.8) is 0 Å². The van der Waals surface area contributed by atoms with Crippen molar-refractivity contribution in [2.24, 2.45) is 4.99 Å². The molecule has 0 aromatic heterocycles. The van der Waals surface area contributed by atoms with Crippen LogP contribution in [-0.2, 0) is 17.8 Å². The van der Waals surface area contributed by atoms with Gasteiger partial charge in [0.2, 0.25) is 14.4 Å². The first-order valence-corrected chi connectivity index (χ1v) is 17.7. The summed E-state index contributed by atoms with van der Waals surface area (Å²) in [6.07, 6.45) is 1.31.